The van der Waals surface area contributed by atoms with Crippen LogP contribution in [-0.4, -0.2) is 12.5 Å². The first kappa shape index (κ1) is 17.8. The molecule has 0 saturated carbocycles. The summed E-state index contributed by atoms with van der Waals surface area (Å²) in [5.74, 6) is -0.920. The van der Waals surface area contributed by atoms with Crippen LogP contribution in [0.3, 0.4) is 0 Å². The van der Waals surface area contributed by atoms with Crippen LogP contribution in [-0.2, 0) is 4.79 Å². The number of nitrogens with two attached hydrogens (primary N) is 1. The number of carboxylic acids is 1. The SMILES string of the molecule is NCCCCCCCCCCCC(=O)[O-].[NH4+]. The number of unbranched alkanes of at least 4 members (excludes halogenated alkanes) is 8. The monoisotopic (exact) mass is 232 g/mol. The van der Waals surface area contributed by atoms with Gasteiger partial charge in [-0.15, -0.1) is 0 Å². The van der Waals surface area contributed by atoms with Gasteiger partial charge in [-0.05, 0) is 25.8 Å². The molecule has 0 aliphatic rings. The fourth-order valence-corrected chi connectivity index (χ4v) is 1.65. The molecule has 98 valence electrons. The topological polar surface area (TPSA) is 103 Å². The first-order valence-corrected chi connectivity index (χ1v) is 6.17. The first-order chi connectivity index (χ1) is 7.27. The summed E-state index contributed by atoms with van der Waals surface area (Å²) in [6.45, 7) is 0.809. The lowest BCUT2D eigenvalue weighted by molar-refractivity contribution is -0.305. The van der Waals surface area contributed by atoms with Gasteiger partial charge >= 0.3 is 0 Å². The Kier molecular flexibility index (Phi) is 16.0. The third kappa shape index (κ3) is 15.8. The third-order valence-corrected chi connectivity index (χ3v) is 2.59. The van der Waals surface area contributed by atoms with Crippen LogP contribution in [0.25, 0.3) is 0 Å². The van der Waals surface area contributed by atoms with Crippen molar-refractivity contribution in [3.05, 3.63) is 0 Å². The smallest absolute Gasteiger partial charge is 0.0414 e. The molecule has 0 bridgehead atoms. The molecule has 0 heterocycles. The van der Waals surface area contributed by atoms with Crippen molar-refractivity contribution >= 4 is 5.97 Å². The number of carboxylic acid groups (broad SMARTS) is 1. The summed E-state index contributed by atoms with van der Waals surface area (Å²) in [4.78, 5) is 10.1. The van der Waals surface area contributed by atoms with E-state index in [4.69, 9.17) is 5.73 Å². The van der Waals surface area contributed by atoms with Gasteiger partial charge in [0.15, 0.2) is 0 Å². The van der Waals surface area contributed by atoms with E-state index in [1.54, 1.807) is 0 Å². The number of quaternary nitrogens is 1. The summed E-state index contributed by atoms with van der Waals surface area (Å²) in [6.07, 6.45) is 10.7. The molecule has 4 nitrogen and oxygen atoms in total. The molecule has 0 aliphatic carbocycles. The number of carbonyl (C=O) groups excluding carboxylic acids is 1. The van der Waals surface area contributed by atoms with Crippen LogP contribution in [0.2, 0.25) is 0 Å². The summed E-state index contributed by atoms with van der Waals surface area (Å²) in [5.41, 5.74) is 5.40. The maximum atomic E-state index is 10.1. The predicted molar refractivity (Wildman–Crippen MR) is 66.2 cm³/mol. The van der Waals surface area contributed by atoms with Crippen molar-refractivity contribution in [2.75, 3.05) is 6.54 Å². The second kappa shape index (κ2) is 14.4. The average Bonchev–Trinajstić information content (AvgIpc) is 2.20. The van der Waals surface area contributed by atoms with E-state index in [1.807, 2.05) is 0 Å². The highest BCUT2D eigenvalue weighted by molar-refractivity contribution is 5.63. The Hall–Kier alpha value is -0.610. The fraction of sp³-hybridized carbons (Fsp3) is 0.917. The summed E-state index contributed by atoms with van der Waals surface area (Å²) < 4.78 is 0. The Morgan fingerprint density at radius 2 is 1.19 bits per heavy atom. The summed E-state index contributed by atoms with van der Waals surface area (Å²) >= 11 is 0. The van der Waals surface area contributed by atoms with Gasteiger partial charge in [-0.3, -0.25) is 0 Å². The van der Waals surface area contributed by atoms with Crippen LogP contribution >= 0.6 is 0 Å². The van der Waals surface area contributed by atoms with Gasteiger partial charge < -0.3 is 21.8 Å². The number of aliphatic carboxylic acids is 1. The summed E-state index contributed by atoms with van der Waals surface area (Å²) in [7, 11) is 0. The lowest BCUT2D eigenvalue weighted by Gasteiger charge is -2.02. The van der Waals surface area contributed by atoms with Crippen molar-refractivity contribution < 1.29 is 9.90 Å². The molecule has 0 aromatic rings. The second-order valence-electron chi connectivity index (χ2n) is 4.09. The highest BCUT2D eigenvalue weighted by Gasteiger charge is 1.92. The van der Waals surface area contributed by atoms with Gasteiger partial charge in [0.2, 0.25) is 0 Å². The minimum Gasteiger partial charge on any atom is -0.550 e. The molecule has 0 saturated heterocycles. The van der Waals surface area contributed by atoms with Crippen molar-refractivity contribution in [3.8, 4) is 0 Å². The Bertz CT molecular complexity index is 152. The van der Waals surface area contributed by atoms with Crippen LogP contribution in [0.15, 0.2) is 0 Å². The van der Waals surface area contributed by atoms with E-state index in [-0.39, 0.29) is 12.6 Å². The zero-order chi connectivity index (χ0) is 11.4. The normalized spacial score (nSPS) is 9.81. The molecular formula is C12H28N2O2. The molecule has 4 heteroatoms. The zero-order valence-corrected chi connectivity index (χ0v) is 10.7. The van der Waals surface area contributed by atoms with Gasteiger partial charge in [-0.25, -0.2) is 0 Å². The molecule has 0 radical (unpaired) electrons. The third-order valence-electron chi connectivity index (χ3n) is 2.59. The Balaban J connectivity index is 0. The van der Waals surface area contributed by atoms with Gasteiger partial charge in [0.05, 0.1) is 0 Å². The maximum absolute atomic E-state index is 10.1. The summed E-state index contributed by atoms with van der Waals surface area (Å²) in [5, 5.41) is 10.1. The van der Waals surface area contributed by atoms with Crippen molar-refractivity contribution in [1.29, 1.82) is 0 Å². The highest BCUT2D eigenvalue weighted by Crippen LogP contribution is 2.09. The van der Waals surface area contributed by atoms with E-state index in [9.17, 15) is 9.90 Å². The van der Waals surface area contributed by atoms with Gasteiger partial charge in [0.1, 0.15) is 0 Å². The molecule has 6 N–H and O–H groups in total. The number of hydrogen-bond donors (Lipinski definition) is 2. The van der Waals surface area contributed by atoms with Gasteiger partial charge in [0.25, 0.3) is 0 Å². The Labute approximate surface area is 99.2 Å². The molecule has 0 unspecified atom stereocenters. The Morgan fingerprint density at radius 3 is 1.56 bits per heavy atom. The fourth-order valence-electron chi connectivity index (χ4n) is 1.65. The molecular weight excluding hydrogens is 204 g/mol. The number of rotatable bonds is 11. The van der Waals surface area contributed by atoms with Gasteiger partial charge in [-0.2, -0.15) is 0 Å². The van der Waals surface area contributed by atoms with Crippen LogP contribution in [0.1, 0.15) is 64.2 Å². The van der Waals surface area contributed by atoms with Crippen LogP contribution < -0.4 is 17.0 Å². The average molecular weight is 232 g/mol. The van der Waals surface area contributed by atoms with Gasteiger partial charge in [-0.1, -0.05) is 44.9 Å². The van der Waals surface area contributed by atoms with Crippen LogP contribution in [0.5, 0.6) is 0 Å². The standard InChI is InChI=1S/C12H25NO2.H3N/c13-11-9-7-5-3-1-2-4-6-8-10-12(14)15;/h1-11,13H2,(H,14,15);1H3. The minimum atomic E-state index is -0.920. The predicted octanol–water partition coefficient (Wildman–Crippen LogP) is 1.97. The van der Waals surface area contributed by atoms with Crippen molar-refractivity contribution in [3.63, 3.8) is 0 Å². The zero-order valence-electron chi connectivity index (χ0n) is 10.7. The van der Waals surface area contributed by atoms with E-state index in [2.05, 4.69) is 0 Å². The molecule has 0 amide bonds. The molecule has 0 rings (SSSR count). The second-order valence-corrected chi connectivity index (χ2v) is 4.09. The quantitative estimate of drug-likeness (QED) is 0.532. The van der Waals surface area contributed by atoms with Crippen LogP contribution in [0, 0.1) is 0 Å². The van der Waals surface area contributed by atoms with E-state index in [0.29, 0.717) is 0 Å². The van der Waals surface area contributed by atoms with Crippen molar-refractivity contribution in [1.82, 2.24) is 6.15 Å². The molecule has 0 aromatic carbocycles. The van der Waals surface area contributed by atoms with E-state index >= 15 is 0 Å². The first-order valence-electron chi connectivity index (χ1n) is 6.17. The van der Waals surface area contributed by atoms with E-state index < -0.39 is 5.97 Å². The molecule has 0 spiro atoms. The van der Waals surface area contributed by atoms with Crippen LogP contribution in [0.4, 0.5) is 0 Å². The molecule has 0 fully saturated rings. The maximum Gasteiger partial charge on any atom is 0.0414 e. The van der Waals surface area contributed by atoms with Crippen molar-refractivity contribution in [2.24, 2.45) is 5.73 Å². The van der Waals surface area contributed by atoms with E-state index in [0.717, 1.165) is 32.2 Å². The number of hydrogen-bond acceptors (Lipinski definition) is 3. The largest absolute Gasteiger partial charge is 0.550 e. The minimum absolute atomic E-state index is 0. The lowest BCUT2D eigenvalue weighted by atomic mass is 10.1. The molecule has 0 aliphatic heterocycles. The summed E-state index contributed by atoms with van der Waals surface area (Å²) in [6, 6.07) is 0. The number of carbonyl (C=O) groups is 1. The molecule has 0 aromatic heterocycles. The van der Waals surface area contributed by atoms with Crippen molar-refractivity contribution in [2.45, 2.75) is 64.2 Å². The highest BCUT2D eigenvalue weighted by atomic mass is 16.4. The lowest BCUT2D eigenvalue weighted by Crippen LogP contribution is -2.21. The molecule has 0 atom stereocenters. The van der Waals surface area contributed by atoms with Gasteiger partial charge in [0, 0.05) is 5.97 Å². The molecule has 16 heavy (non-hydrogen) atoms. The Morgan fingerprint density at radius 1 is 0.812 bits per heavy atom. The van der Waals surface area contributed by atoms with E-state index in [1.165, 1.54) is 32.1 Å².